The third-order valence-electron chi connectivity index (χ3n) is 3.76. The molecule has 3 nitrogen and oxygen atoms in total. The van der Waals surface area contributed by atoms with Crippen LogP contribution in [0.1, 0.15) is 37.8 Å². The molecular weight excluding hydrogens is 210 g/mol. The van der Waals surface area contributed by atoms with Crippen LogP contribution in [0, 0.1) is 5.92 Å². The molecule has 2 aromatic heterocycles. The number of nitrogens with zero attached hydrogens (tertiary/aromatic N) is 2. The summed E-state index contributed by atoms with van der Waals surface area (Å²) < 4.78 is 0. The van der Waals surface area contributed by atoms with E-state index in [1.807, 2.05) is 12.3 Å². The van der Waals surface area contributed by atoms with E-state index in [1.54, 1.807) is 6.33 Å². The number of rotatable bonds is 2. The van der Waals surface area contributed by atoms with E-state index in [-0.39, 0.29) is 0 Å². The molecule has 0 radical (unpaired) electrons. The summed E-state index contributed by atoms with van der Waals surface area (Å²) in [5, 5.41) is 1.10. The predicted octanol–water partition coefficient (Wildman–Crippen LogP) is 3.55. The molecule has 2 aromatic rings. The smallest absolute Gasteiger partial charge is 0.141 e. The summed E-state index contributed by atoms with van der Waals surface area (Å²) >= 11 is 0. The lowest BCUT2D eigenvalue weighted by Gasteiger charge is -2.23. The number of nitrogens with one attached hydrogen (secondary N) is 1. The fourth-order valence-corrected chi connectivity index (χ4v) is 2.77. The van der Waals surface area contributed by atoms with Gasteiger partial charge in [-0.3, -0.25) is 0 Å². The molecular formula is C14H17N3. The molecule has 1 saturated carbocycles. The van der Waals surface area contributed by atoms with Crippen LogP contribution in [0.5, 0.6) is 0 Å². The second-order valence-electron chi connectivity index (χ2n) is 4.82. The van der Waals surface area contributed by atoms with E-state index < -0.39 is 0 Å². The molecule has 3 heteroatoms. The first kappa shape index (κ1) is 10.5. The van der Waals surface area contributed by atoms with E-state index in [0.29, 0.717) is 5.92 Å². The van der Waals surface area contributed by atoms with Crippen molar-refractivity contribution in [2.45, 2.75) is 32.1 Å². The van der Waals surface area contributed by atoms with Crippen molar-refractivity contribution >= 4 is 16.6 Å². The summed E-state index contributed by atoms with van der Waals surface area (Å²) in [6, 6.07) is 2.04. The fraction of sp³-hybridized carbons (Fsp3) is 0.429. The van der Waals surface area contributed by atoms with Crippen LogP contribution in [-0.2, 0) is 0 Å². The Hall–Kier alpha value is -1.64. The normalized spacial score (nSPS) is 17.4. The highest BCUT2D eigenvalue weighted by Crippen LogP contribution is 2.35. The third-order valence-corrected chi connectivity index (χ3v) is 3.76. The van der Waals surface area contributed by atoms with Gasteiger partial charge in [0.2, 0.25) is 0 Å². The van der Waals surface area contributed by atoms with Crippen molar-refractivity contribution in [1.29, 1.82) is 0 Å². The molecule has 0 aromatic carbocycles. The van der Waals surface area contributed by atoms with Gasteiger partial charge in [-0.25, -0.2) is 9.97 Å². The number of hydrogen-bond acceptors (Lipinski definition) is 2. The Morgan fingerprint density at radius 2 is 2.06 bits per heavy atom. The Balaban J connectivity index is 1.97. The summed E-state index contributed by atoms with van der Waals surface area (Å²) in [6.07, 6.45) is 10.1. The predicted molar refractivity (Wildman–Crippen MR) is 69.5 cm³/mol. The SMILES string of the molecule is C=C(c1ncnc2[nH]ccc12)C1CCCCC1. The highest BCUT2D eigenvalue weighted by Gasteiger charge is 2.20. The zero-order valence-electron chi connectivity index (χ0n) is 9.95. The summed E-state index contributed by atoms with van der Waals surface area (Å²) in [7, 11) is 0. The van der Waals surface area contributed by atoms with Gasteiger partial charge in [-0.05, 0) is 30.4 Å². The summed E-state index contributed by atoms with van der Waals surface area (Å²) in [5.41, 5.74) is 3.13. The molecule has 0 bridgehead atoms. The zero-order valence-corrected chi connectivity index (χ0v) is 9.95. The minimum absolute atomic E-state index is 0.608. The monoisotopic (exact) mass is 227 g/mol. The molecule has 3 rings (SSSR count). The molecule has 0 aliphatic heterocycles. The van der Waals surface area contributed by atoms with E-state index in [2.05, 4.69) is 21.5 Å². The second kappa shape index (κ2) is 4.32. The van der Waals surface area contributed by atoms with Crippen LogP contribution in [0.2, 0.25) is 0 Å². The quantitative estimate of drug-likeness (QED) is 0.852. The minimum atomic E-state index is 0.608. The van der Waals surface area contributed by atoms with Gasteiger partial charge in [0.25, 0.3) is 0 Å². The molecule has 17 heavy (non-hydrogen) atoms. The van der Waals surface area contributed by atoms with E-state index in [4.69, 9.17) is 0 Å². The Kier molecular flexibility index (Phi) is 2.67. The molecule has 0 unspecified atom stereocenters. The number of hydrogen-bond donors (Lipinski definition) is 1. The topological polar surface area (TPSA) is 41.6 Å². The molecule has 88 valence electrons. The van der Waals surface area contributed by atoms with Crippen LogP contribution in [0.25, 0.3) is 16.6 Å². The second-order valence-corrected chi connectivity index (χ2v) is 4.82. The fourth-order valence-electron chi connectivity index (χ4n) is 2.77. The van der Waals surface area contributed by atoms with Gasteiger partial charge >= 0.3 is 0 Å². The lowest BCUT2D eigenvalue weighted by molar-refractivity contribution is 0.429. The minimum Gasteiger partial charge on any atom is -0.346 e. The van der Waals surface area contributed by atoms with Crippen molar-refractivity contribution in [3.05, 3.63) is 30.9 Å². The van der Waals surface area contributed by atoms with Crippen LogP contribution in [-0.4, -0.2) is 15.0 Å². The van der Waals surface area contributed by atoms with Crippen molar-refractivity contribution in [2.75, 3.05) is 0 Å². The van der Waals surface area contributed by atoms with Gasteiger partial charge in [0.05, 0.1) is 5.69 Å². The first-order valence-corrected chi connectivity index (χ1v) is 6.33. The lowest BCUT2D eigenvalue weighted by Crippen LogP contribution is -2.09. The van der Waals surface area contributed by atoms with Crippen LogP contribution in [0.15, 0.2) is 25.2 Å². The molecule has 0 spiro atoms. The summed E-state index contributed by atoms with van der Waals surface area (Å²) in [6.45, 7) is 4.27. The number of aromatic amines is 1. The average molecular weight is 227 g/mol. The maximum absolute atomic E-state index is 4.42. The Bertz CT molecular complexity index is 535. The van der Waals surface area contributed by atoms with Gasteiger partial charge in [-0.15, -0.1) is 0 Å². The van der Waals surface area contributed by atoms with E-state index in [0.717, 1.165) is 16.7 Å². The highest BCUT2D eigenvalue weighted by molar-refractivity contribution is 5.87. The van der Waals surface area contributed by atoms with Gasteiger partial charge in [0.15, 0.2) is 0 Å². The molecule has 1 aliphatic rings. The Morgan fingerprint density at radius 1 is 1.24 bits per heavy atom. The van der Waals surface area contributed by atoms with E-state index in [9.17, 15) is 0 Å². The average Bonchev–Trinajstić information content (AvgIpc) is 2.87. The standard InChI is InChI=1S/C14H17N3/c1-10(11-5-3-2-4-6-11)13-12-7-8-15-14(12)17-9-16-13/h7-9,11H,1-6H2,(H,15,16,17). The van der Waals surface area contributed by atoms with Crippen LogP contribution in [0.3, 0.4) is 0 Å². The Labute approximate surface area is 101 Å². The molecule has 0 atom stereocenters. The summed E-state index contributed by atoms with van der Waals surface area (Å²) in [5.74, 6) is 0.608. The van der Waals surface area contributed by atoms with Gasteiger partial charge in [-0.1, -0.05) is 25.8 Å². The maximum atomic E-state index is 4.42. The number of fused-ring (bicyclic) bond motifs is 1. The van der Waals surface area contributed by atoms with Crippen molar-refractivity contribution < 1.29 is 0 Å². The van der Waals surface area contributed by atoms with Gasteiger partial charge in [-0.2, -0.15) is 0 Å². The van der Waals surface area contributed by atoms with Crippen molar-refractivity contribution in [3.63, 3.8) is 0 Å². The molecule has 1 aliphatic carbocycles. The van der Waals surface area contributed by atoms with Crippen molar-refractivity contribution in [3.8, 4) is 0 Å². The number of H-pyrrole nitrogens is 1. The number of allylic oxidation sites excluding steroid dienone is 1. The molecule has 0 amide bonds. The van der Waals surface area contributed by atoms with E-state index >= 15 is 0 Å². The van der Waals surface area contributed by atoms with Crippen LogP contribution >= 0.6 is 0 Å². The lowest BCUT2D eigenvalue weighted by atomic mass is 9.83. The van der Waals surface area contributed by atoms with Gasteiger partial charge in [0.1, 0.15) is 12.0 Å². The Morgan fingerprint density at radius 3 is 2.88 bits per heavy atom. The first-order valence-electron chi connectivity index (χ1n) is 6.33. The van der Waals surface area contributed by atoms with Crippen LogP contribution in [0.4, 0.5) is 0 Å². The molecule has 2 heterocycles. The van der Waals surface area contributed by atoms with Gasteiger partial charge in [0, 0.05) is 11.6 Å². The zero-order chi connectivity index (χ0) is 11.7. The molecule has 0 saturated heterocycles. The third kappa shape index (κ3) is 1.86. The van der Waals surface area contributed by atoms with Gasteiger partial charge < -0.3 is 4.98 Å². The van der Waals surface area contributed by atoms with Crippen molar-refractivity contribution in [1.82, 2.24) is 15.0 Å². The molecule has 1 N–H and O–H groups in total. The van der Waals surface area contributed by atoms with E-state index in [1.165, 1.54) is 37.7 Å². The largest absolute Gasteiger partial charge is 0.346 e. The van der Waals surface area contributed by atoms with Crippen LogP contribution < -0.4 is 0 Å². The summed E-state index contributed by atoms with van der Waals surface area (Å²) in [4.78, 5) is 11.8. The molecule has 1 fully saturated rings. The first-order chi connectivity index (χ1) is 8.36. The number of aromatic nitrogens is 3. The highest BCUT2D eigenvalue weighted by atomic mass is 14.9. The van der Waals surface area contributed by atoms with Crippen molar-refractivity contribution in [2.24, 2.45) is 5.92 Å². The maximum Gasteiger partial charge on any atom is 0.141 e.